The van der Waals surface area contributed by atoms with Crippen LogP contribution in [0.2, 0.25) is 0 Å². The summed E-state index contributed by atoms with van der Waals surface area (Å²) in [5, 5.41) is 18.5. The molecule has 0 bridgehead atoms. The summed E-state index contributed by atoms with van der Waals surface area (Å²) in [6.07, 6.45) is 1.60. The molecule has 288 valence electrons. The molecule has 6 aromatic rings. The molecular weight excluding hydrogens is 711 g/mol. The molecule has 1 aliphatic heterocycles. The lowest BCUT2D eigenvalue weighted by Gasteiger charge is -2.26. The van der Waals surface area contributed by atoms with Crippen molar-refractivity contribution in [2.45, 2.75) is 26.7 Å². The van der Waals surface area contributed by atoms with Gasteiger partial charge in [0.25, 0.3) is 5.91 Å². The van der Waals surface area contributed by atoms with Crippen molar-refractivity contribution in [3.8, 4) is 23.1 Å². The van der Waals surface area contributed by atoms with E-state index in [0.29, 0.717) is 46.9 Å². The van der Waals surface area contributed by atoms with Crippen molar-refractivity contribution in [3.05, 3.63) is 114 Å². The van der Waals surface area contributed by atoms with Gasteiger partial charge in [0, 0.05) is 66.5 Å². The fourth-order valence-corrected chi connectivity index (χ4v) is 6.37. The Labute approximate surface area is 325 Å². The number of nitrogens with zero attached hydrogens (tertiary/aromatic N) is 5. The largest absolute Gasteiger partial charge is 0.497 e. The topological polar surface area (TPSA) is 157 Å². The molecule has 4 N–H and O–H groups in total. The van der Waals surface area contributed by atoms with Crippen LogP contribution in [0.25, 0.3) is 16.5 Å². The molecule has 14 nitrogen and oxygen atoms in total. The van der Waals surface area contributed by atoms with E-state index in [1.165, 1.54) is 0 Å². The van der Waals surface area contributed by atoms with Crippen molar-refractivity contribution in [3.63, 3.8) is 0 Å². The monoisotopic (exact) mass is 755 g/mol. The zero-order valence-corrected chi connectivity index (χ0v) is 31.8. The number of amides is 3. The zero-order chi connectivity index (χ0) is 39.0. The van der Waals surface area contributed by atoms with Crippen LogP contribution >= 0.6 is 0 Å². The van der Waals surface area contributed by atoms with Gasteiger partial charge in [-0.05, 0) is 73.0 Å². The number of carbonyl (C=O) groups excluding carboxylic acids is 2. The van der Waals surface area contributed by atoms with Crippen LogP contribution in [0.1, 0.15) is 41.4 Å². The van der Waals surface area contributed by atoms with E-state index >= 15 is 0 Å². The highest BCUT2D eigenvalue weighted by Gasteiger charge is 2.17. The van der Waals surface area contributed by atoms with E-state index in [0.717, 1.165) is 66.3 Å². The number of aromatic nitrogens is 4. The Morgan fingerprint density at radius 2 is 1.70 bits per heavy atom. The minimum Gasteiger partial charge on any atom is -0.497 e. The van der Waals surface area contributed by atoms with Gasteiger partial charge in [0.15, 0.2) is 0 Å². The number of anilines is 4. The summed E-state index contributed by atoms with van der Waals surface area (Å²) in [6.45, 7) is 10.5. The Morgan fingerprint density at radius 3 is 2.46 bits per heavy atom. The average molecular weight is 756 g/mol. The molecular formula is C42H45N9O5. The van der Waals surface area contributed by atoms with Crippen molar-refractivity contribution >= 4 is 45.9 Å². The molecule has 0 saturated carbocycles. The third-order valence-corrected chi connectivity index (χ3v) is 9.27. The Balaban J connectivity index is 1.03. The second-order valence-electron chi connectivity index (χ2n) is 13.7. The van der Waals surface area contributed by atoms with Gasteiger partial charge in [-0.3, -0.25) is 15.0 Å². The summed E-state index contributed by atoms with van der Waals surface area (Å²) in [5.41, 5.74) is 4.34. The Kier molecular flexibility index (Phi) is 11.7. The van der Waals surface area contributed by atoms with Crippen LogP contribution in [0.15, 0.2) is 97.2 Å². The summed E-state index contributed by atoms with van der Waals surface area (Å²) in [4.78, 5) is 37.7. The molecule has 56 heavy (non-hydrogen) atoms. The lowest BCUT2D eigenvalue weighted by molar-refractivity contribution is 0.0383. The lowest BCUT2D eigenvalue weighted by atomic mass is 10.1. The van der Waals surface area contributed by atoms with Crippen molar-refractivity contribution in [1.29, 1.82) is 0 Å². The van der Waals surface area contributed by atoms with Crippen LogP contribution in [0.5, 0.6) is 17.4 Å². The number of fused-ring (bicyclic) bond motifs is 1. The molecule has 0 spiro atoms. The number of hydrogen-bond acceptors (Lipinski definition) is 10. The van der Waals surface area contributed by atoms with E-state index in [4.69, 9.17) is 19.3 Å². The van der Waals surface area contributed by atoms with Crippen molar-refractivity contribution in [2.75, 3.05) is 62.5 Å². The number of rotatable bonds is 13. The molecule has 1 fully saturated rings. The molecule has 1 saturated heterocycles. The minimum atomic E-state index is -0.426. The van der Waals surface area contributed by atoms with Crippen LogP contribution < -0.4 is 30.7 Å². The second kappa shape index (κ2) is 17.3. The molecule has 4 aromatic carbocycles. The predicted molar refractivity (Wildman–Crippen MR) is 217 cm³/mol. The van der Waals surface area contributed by atoms with Gasteiger partial charge < -0.3 is 30.2 Å². The number of morpholine rings is 1. The third-order valence-electron chi connectivity index (χ3n) is 9.27. The number of nitrogens with one attached hydrogen (secondary N) is 4. The molecule has 0 unspecified atom stereocenters. The van der Waals surface area contributed by atoms with Crippen LogP contribution in [0.4, 0.5) is 27.9 Å². The molecule has 0 aliphatic carbocycles. The van der Waals surface area contributed by atoms with Gasteiger partial charge in [-0.1, -0.05) is 38.1 Å². The number of hydrogen-bond donors (Lipinski definition) is 4. The zero-order valence-electron chi connectivity index (χ0n) is 31.8. The number of ether oxygens (including phenoxy) is 3. The Hall–Kier alpha value is -6.51. The van der Waals surface area contributed by atoms with E-state index in [9.17, 15) is 9.59 Å². The fourth-order valence-electron chi connectivity index (χ4n) is 6.37. The van der Waals surface area contributed by atoms with E-state index in [1.807, 2.05) is 73.7 Å². The van der Waals surface area contributed by atoms with E-state index in [-0.39, 0.29) is 11.8 Å². The molecule has 2 aromatic heterocycles. The SMILES string of the molecule is COc1ccc(-n2nc(C(C)C)cc2NC(=O)Nc2ccc(Oc3ccnc(Nc4cc(C)cc(C(=O)NCCN5CCOCC5)c4)n3)c3ccccc23)cc1. The van der Waals surface area contributed by atoms with Gasteiger partial charge >= 0.3 is 6.03 Å². The quantitative estimate of drug-likeness (QED) is 0.0931. The molecule has 3 amide bonds. The second-order valence-corrected chi connectivity index (χ2v) is 13.7. The number of benzene rings is 4. The van der Waals surface area contributed by atoms with Crippen molar-refractivity contribution in [2.24, 2.45) is 0 Å². The van der Waals surface area contributed by atoms with Crippen molar-refractivity contribution in [1.82, 2.24) is 30.0 Å². The molecule has 1 aliphatic rings. The number of urea groups is 1. The van der Waals surface area contributed by atoms with E-state index < -0.39 is 6.03 Å². The first-order chi connectivity index (χ1) is 27.2. The normalized spacial score (nSPS) is 13.0. The maximum Gasteiger partial charge on any atom is 0.324 e. The maximum absolute atomic E-state index is 13.5. The minimum absolute atomic E-state index is 0.147. The summed E-state index contributed by atoms with van der Waals surface area (Å²) in [7, 11) is 1.62. The Bertz CT molecular complexity index is 2320. The maximum atomic E-state index is 13.5. The highest BCUT2D eigenvalue weighted by molar-refractivity contribution is 6.07. The van der Waals surface area contributed by atoms with Crippen LogP contribution in [-0.4, -0.2) is 83.1 Å². The first-order valence-electron chi connectivity index (χ1n) is 18.5. The van der Waals surface area contributed by atoms with Gasteiger partial charge in [0.05, 0.1) is 37.4 Å². The summed E-state index contributed by atoms with van der Waals surface area (Å²) in [5.74, 6) is 2.42. The Morgan fingerprint density at radius 1 is 0.911 bits per heavy atom. The van der Waals surface area contributed by atoms with Crippen LogP contribution in [0, 0.1) is 6.92 Å². The predicted octanol–water partition coefficient (Wildman–Crippen LogP) is 7.50. The van der Waals surface area contributed by atoms with Crippen LogP contribution in [0.3, 0.4) is 0 Å². The molecule has 14 heteroatoms. The highest BCUT2D eigenvalue weighted by atomic mass is 16.5. The van der Waals surface area contributed by atoms with Crippen LogP contribution in [-0.2, 0) is 4.74 Å². The molecule has 0 atom stereocenters. The van der Waals surface area contributed by atoms with E-state index in [1.54, 1.807) is 42.3 Å². The van der Waals surface area contributed by atoms with E-state index in [2.05, 4.69) is 50.0 Å². The number of aryl methyl sites for hydroxylation is 1. The summed E-state index contributed by atoms with van der Waals surface area (Å²) >= 11 is 0. The van der Waals surface area contributed by atoms with Gasteiger partial charge in [-0.2, -0.15) is 10.1 Å². The summed E-state index contributed by atoms with van der Waals surface area (Å²) in [6, 6.07) is 27.3. The first kappa shape index (κ1) is 37.8. The van der Waals surface area contributed by atoms with Gasteiger partial charge in [0.2, 0.25) is 11.8 Å². The average Bonchev–Trinajstić information content (AvgIpc) is 3.63. The highest BCUT2D eigenvalue weighted by Crippen LogP contribution is 2.34. The molecule has 0 radical (unpaired) electrons. The summed E-state index contributed by atoms with van der Waals surface area (Å²) < 4.78 is 18.7. The molecule has 7 rings (SSSR count). The van der Waals surface area contributed by atoms with Gasteiger partial charge in [-0.25, -0.2) is 14.5 Å². The third kappa shape index (κ3) is 9.22. The molecule has 3 heterocycles. The smallest absolute Gasteiger partial charge is 0.324 e. The van der Waals surface area contributed by atoms with Gasteiger partial charge in [-0.15, -0.1) is 0 Å². The number of methoxy groups -OCH3 is 1. The van der Waals surface area contributed by atoms with Crippen molar-refractivity contribution < 1.29 is 23.8 Å². The first-order valence-corrected chi connectivity index (χ1v) is 18.5. The number of carbonyl (C=O) groups is 2. The fraction of sp³-hybridized carbons (Fsp3) is 0.262. The standard InChI is InChI=1S/C42H45N9O5/c1-27(2)36-26-38(51(49-36)31-9-11-32(54-4)12-10-31)47-42(53)46-35-13-14-37(34-8-6-5-7-33(34)35)56-39-15-16-44-41(48-39)45-30-24-28(3)23-29(25-30)40(52)43-17-18-50-19-21-55-22-20-50/h5-16,23-27H,17-22H2,1-4H3,(H,43,52)(H,44,45,48)(H2,46,47,53). The van der Waals surface area contributed by atoms with Gasteiger partial charge in [0.1, 0.15) is 17.3 Å². The lowest BCUT2D eigenvalue weighted by Crippen LogP contribution is -2.41.